The van der Waals surface area contributed by atoms with Gasteiger partial charge in [0.15, 0.2) is 0 Å². The molecule has 176 valence electrons. The van der Waals surface area contributed by atoms with Gasteiger partial charge in [-0.1, -0.05) is 91.0 Å². The number of rotatable bonds is 10. The first-order valence-corrected chi connectivity index (χ1v) is 12.0. The highest BCUT2D eigenvalue weighted by Crippen LogP contribution is 2.25. The lowest BCUT2D eigenvalue weighted by molar-refractivity contribution is -0.141. The van der Waals surface area contributed by atoms with Crippen LogP contribution >= 0.6 is 0 Å². The Morgan fingerprint density at radius 1 is 0.882 bits per heavy atom. The van der Waals surface area contributed by atoms with Crippen LogP contribution in [0.2, 0.25) is 0 Å². The van der Waals surface area contributed by atoms with Gasteiger partial charge < -0.3 is 15.0 Å². The normalized spacial score (nSPS) is 16.1. The summed E-state index contributed by atoms with van der Waals surface area (Å²) in [6.45, 7) is 1.56. The van der Waals surface area contributed by atoms with Crippen LogP contribution in [0.3, 0.4) is 0 Å². The number of nitrogens with one attached hydrogen (secondary N) is 1. The minimum atomic E-state index is -0.717. The first-order chi connectivity index (χ1) is 16.7. The van der Waals surface area contributed by atoms with Crippen LogP contribution in [0.25, 0.3) is 0 Å². The Morgan fingerprint density at radius 3 is 2.12 bits per heavy atom. The van der Waals surface area contributed by atoms with Gasteiger partial charge in [0.05, 0.1) is 6.10 Å². The maximum Gasteiger partial charge on any atom is 0.247 e. The Balaban J connectivity index is 1.58. The van der Waals surface area contributed by atoms with E-state index in [0.29, 0.717) is 25.9 Å². The second kappa shape index (κ2) is 12.1. The van der Waals surface area contributed by atoms with E-state index in [4.69, 9.17) is 4.74 Å². The van der Waals surface area contributed by atoms with Crippen LogP contribution in [0.4, 0.5) is 0 Å². The van der Waals surface area contributed by atoms with Crippen molar-refractivity contribution in [2.45, 2.75) is 44.4 Å². The molecule has 34 heavy (non-hydrogen) atoms. The zero-order valence-corrected chi connectivity index (χ0v) is 19.4. The van der Waals surface area contributed by atoms with Crippen LogP contribution in [0, 0.1) is 0 Å². The summed E-state index contributed by atoms with van der Waals surface area (Å²) in [5.41, 5.74) is 2.90. The van der Waals surface area contributed by atoms with Crippen molar-refractivity contribution >= 4 is 11.8 Å². The summed E-state index contributed by atoms with van der Waals surface area (Å²) >= 11 is 0. The maximum atomic E-state index is 13.6. The summed E-state index contributed by atoms with van der Waals surface area (Å²) in [5.74, 6) is -0.223. The molecule has 2 amide bonds. The van der Waals surface area contributed by atoms with Crippen LogP contribution in [0.1, 0.15) is 42.0 Å². The van der Waals surface area contributed by atoms with Crippen molar-refractivity contribution in [3.63, 3.8) is 0 Å². The first kappa shape index (κ1) is 23.7. The molecule has 1 N–H and O–H groups in total. The summed E-state index contributed by atoms with van der Waals surface area (Å²) < 4.78 is 5.68. The van der Waals surface area contributed by atoms with Crippen molar-refractivity contribution in [2.75, 3.05) is 13.2 Å². The molecule has 0 saturated carbocycles. The Kier molecular flexibility index (Phi) is 8.47. The summed E-state index contributed by atoms with van der Waals surface area (Å²) in [5, 5.41) is 3.06. The van der Waals surface area contributed by atoms with Crippen molar-refractivity contribution < 1.29 is 14.3 Å². The van der Waals surface area contributed by atoms with Crippen LogP contribution in [0.15, 0.2) is 91.0 Å². The van der Waals surface area contributed by atoms with Crippen molar-refractivity contribution in [3.8, 4) is 0 Å². The molecule has 1 fully saturated rings. The monoisotopic (exact) mass is 456 g/mol. The number of amides is 2. The van der Waals surface area contributed by atoms with Crippen LogP contribution in [-0.2, 0) is 27.3 Å². The number of hydrogen-bond donors (Lipinski definition) is 1. The largest absolute Gasteiger partial charge is 0.376 e. The van der Waals surface area contributed by atoms with Gasteiger partial charge in [-0.3, -0.25) is 9.59 Å². The topological polar surface area (TPSA) is 58.6 Å². The van der Waals surface area contributed by atoms with E-state index in [2.05, 4.69) is 5.32 Å². The molecule has 0 radical (unpaired) electrons. The molecule has 3 aromatic rings. The highest BCUT2D eigenvalue weighted by atomic mass is 16.5. The van der Waals surface area contributed by atoms with Crippen LogP contribution < -0.4 is 5.32 Å². The first-order valence-electron chi connectivity index (χ1n) is 12.0. The Bertz CT molecular complexity index is 1030. The second-order valence-corrected chi connectivity index (χ2v) is 8.69. The number of carbonyl (C=O) groups excluding carboxylic acids is 2. The van der Waals surface area contributed by atoms with Gasteiger partial charge in [0, 0.05) is 26.1 Å². The predicted octanol–water partition coefficient (Wildman–Crippen LogP) is 4.68. The number of carbonyl (C=O) groups is 2. The van der Waals surface area contributed by atoms with Crippen LogP contribution in [0.5, 0.6) is 0 Å². The third-order valence-corrected chi connectivity index (χ3v) is 6.19. The molecule has 1 saturated heterocycles. The lowest BCUT2D eigenvalue weighted by Crippen LogP contribution is -2.45. The summed E-state index contributed by atoms with van der Waals surface area (Å²) in [4.78, 5) is 28.9. The fourth-order valence-corrected chi connectivity index (χ4v) is 4.37. The molecule has 1 aliphatic rings. The SMILES string of the molecule is O=C(NC[C@H]1CCCO1)[C@H](c1ccccc1)N(Cc1ccccc1)C(=O)CCc1ccccc1. The summed E-state index contributed by atoms with van der Waals surface area (Å²) in [6, 6.07) is 28.7. The zero-order chi connectivity index (χ0) is 23.6. The minimum absolute atomic E-state index is 0.0386. The molecule has 2 atom stereocenters. The lowest BCUT2D eigenvalue weighted by Gasteiger charge is -2.32. The predicted molar refractivity (Wildman–Crippen MR) is 133 cm³/mol. The minimum Gasteiger partial charge on any atom is -0.376 e. The molecule has 0 spiro atoms. The smallest absolute Gasteiger partial charge is 0.247 e. The highest BCUT2D eigenvalue weighted by Gasteiger charge is 2.32. The van der Waals surface area contributed by atoms with Crippen molar-refractivity contribution in [1.29, 1.82) is 0 Å². The third-order valence-electron chi connectivity index (χ3n) is 6.19. The second-order valence-electron chi connectivity index (χ2n) is 8.69. The standard InChI is InChI=1S/C29H32N2O3/c32-27(19-18-23-11-4-1-5-12-23)31(22-24-13-6-2-7-14-24)28(25-15-8-3-9-16-25)29(33)30-21-26-17-10-20-34-26/h1-9,11-16,26,28H,10,17-22H2,(H,30,33)/t26-,28+/m1/s1. The quantitative estimate of drug-likeness (QED) is 0.482. The third kappa shape index (κ3) is 6.55. The fraction of sp³-hybridized carbons (Fsp3) is 0.310. The molecule has 0 aliphatic carbocycles. The molecule has 1 heterocycles. The van der Waals surface area contributed by atoms with E-state index in [1.54, 1.807) is 4.90 Å². The van der Waals surface area contributed by atoms with Gasteiger partial charge in [0.1, 0.15) is 6.04 Å². The van der Waals surface area contributed by atoms with E-state index in [0.717, 1.165) is 36.1 Å². The van der Waals surface area contributed by atoms with Gasteiger partial charge in [-0.15, -0.1) is 0 Å². The van der Waals surface area contributed by atoms with E-state index in [9.17, 15) is 9.59 Å². The number of ether oxygens (including phenoxy) is 1. The molecule has 1 aliphatic heterocycles. The van der Waals surface area contributed by atoms with E-state index >= 15 is 0 Å². The van der Waals surface area contributed by atoms with Gasteiger partial charge in [-0.2, -0.15) is 0 Å². The Labute approximate surface area is 201 Å². The number of nitrogens with zero attached hydrogens (tertiary/aromatic N) is 1. The van der Waals surface area contributed by atoms with Crippen molar-refractivity contribution in [2.24, 2.45) is 0 Å². The molecule has 0 unspecified atom stereocenters. The highest BCUT2D eigenvalue weighted by molar-refractivity contribution is 5.88. The van der Waals surface area contributed by atoms with E-state index in [-0.39, 0.29) is 17.9 Å². The van der Waals surface area contributed by atoms with Gasteiger partial charge in [0.2, 0.25) is 11.8 Å². The lowest BCUT2D eigenvalue weighted by atomic mass is 10.0. The Hall–Kier alpha value is -3.44. The van der Waals surface area contributed by atoms with E-state index in [1.165, 1.54) is 0 Å². The number of hydrogen-bond acceptors (Lipinski definition) is 3. The molecular formula is C29H32N2O3. The van der Waals surface area contributed by atoms with E-state index in [1.807, 2.05) is 91.0 Å². The number of benzene rings is 3. The van der Waals surface area contributed by atoms with Gasteiger partial charge in [-0.25, -0.2) is 0 Å². The molecule has 5 nitrogen and oxygen atoms in total. The molecular weight excluding hydrogens is 424 g/mol. The zero-order valence-electron chi connectivity index (χ0n) is 19.4. The molecule has 4 rings (SSSR count). The van der Waals surface area contributed by atoms with Gasteiger partial charge in [0.25, 0.3) is 0 Å². The number of aryl methyl sites for hydroxylation is 1. The van der Waals surface area contributed by atoms with Crippen LogP contribution in [-0.4, -0.2) is 36.0 Å². The van der Waals surface area contributed by atoms with Gasteiger partial charge >= 0.3 is 0 Å². The molecule has 0 aromatic heterocycles. The average molecular weight is 457 g/mol. The fourth-order valence-electron chi connectivity index (χ4n) is 4.37. The van der Waals surface area contributed by atoms with E-state index < -0.39 is 6.04 Å². The van der Waals surface area contributed by atoms with Crippen molar-refractivity contribution in [3.05, 3.63) is 108 Å². The summed E-state index contributed by atoms with van der Waals surface area (Å²) in [6.07, 6.45) is 2.96. The van der Waals surface area contributed by atoms with Crippen molar-refractivity contribution in [1.82, 2.24) is 10.2 Å². The summed E-state index contributed by atoms with van der Waals surface area (Å²) in [7, 11) is 0. The molecule has 3 aromatic carbocycles. The van der Waals surface area contributed by atoms with Gasteiger partial charge in [-0.05, 0) is 36.0 Å². The maximum absolute atomic E-state index is 13.6. The Morgan fingerprint density at radius 2 is 1.50 bits per heavy atom. The molecule has 0 bridgehead atoms. The average Bonchev–Trinajstić information content (AvgIpc) is 3.41. The molecule has 5 heteroatoms.